The minimum absolute atomic E-state index is 0.626. The molecule has 1 heterocycles. The zero-order valence-electron chi connectivity index (χ0n) is 10.2. The molecule has 0 spiro atoms. The summed E-state index contributed by atoms with van der Waals surface area (Å²) >= 11 is 5.99. The van der Waals surface area contributed by atoms with E-state index in [0.717, 1.165) is 30.4 Å². The first-order valence-electron chi connectivity index (χ1n) is 5.97. The van der Waals surface area contributed by atoms with E-state index in [0.29, 0.717) is 6.54 Å². The molecule has 2 aromatic rings. The molecule has 0 saturated heterocycles. The highest BCUT2D eigenvalue weighted by molar-refractivity contribution is 6.30. The van der Waals surface area contributed by atoms with Crippen LogP contribution in [0.4, 0.5) is 0 Å². The molecule has 0 aliphatic rings. The van der Waals surface area contributed by atoms with Gasteiger partial charge in [0, 0.05) is 24.7 Å². The van der Waals surface area contributed by atoms with Crippen molar-refractivity contribution in [3.63, 3.8) is 0 Å². The SMILES string of the molecule is NCCN(Cc1cccc(Cl)c1)Cc1ccco1. The van der Waals surface area contributed by atoms with Gasteiger partial charge in [-0.05, 0) is 29.8 Å². The fourth-order valence-electron chi connectivity index (χ4n) is 1.91. The van der Waals surface area contributed by atoms with Gasteiger partial charge in [0.2, 0.25) is 0 Å². The van der Waals surface area contributed by atoms with Gasteiger partial charge in [0.15, 0.2) is 0 Å². The van der Waals surface area contributed by atoms with Crippen LogP contribution < -0.4 is 5.73 Å². The highest BCUT2D eigenvalue weighted by Gasteiger charge is 2.08. The Bertz CT molecular complexity index is 470. The Morgan fingerprint density at radius 1 is 1.17 bits per heavy atom. The Morgan fingerprint density at radius 3 is 2.72 bits per heavy atom. The lowest BCUT2D eigenvalue weighted by molar-refractivity contribution is 0.242. The minimum atomic E-state index is 0.626. The molecular weight excluding hydrogens is 248 g/mol. The van der Waals surface area contributed by atoms with Crippen molar-refractivity contribution in [3.8, 4) is 0 Å². The maximum atomic E-state index is 5.99. The quantitative estimate of drug-likeness (QED) is 0.872. The van der Waals surface area contributed by atoms with Crippen LogP contribution in [0, 0.1) is 0 Å². The van der Waals surface area contributed by atoms with Gasteiger partial charge in [-0.3, -0.25) is 4.90 Å². The number of halogens is 1. The first kappa shape index (κ1) is 13.1. The molecule has 2 N–H and O–H groups in total. The standard InChI is InChI=1S/C14H17ClN2O/c15-13-4-1-3-12(9-13)10-17(7-6-16)11-14-5-2-8-18-14/h1-5,8-9H,6-7,10-11,16H2. The van der Waals surface area contributed by atoms with Crippen molar-refractivity contribution in [2.45, 2.75) is 13.1 Å². The van der Waals surface area contributed by atoms with E-state index in [-0.39, 0.29) is 0 Å². The average molecular weight is 265 g/mol. The van der Waals surface area contributed by atoms with E-state index in [1.165, 1.54) is 5.56 Å². The van der Waals surface area contributed by atoms with Crippen LogP contribution in [-0.4, -0.2) is 18.0 Å². The van der Waals surface area contributed by atoms with Crippen molar-refractivity contribution < 1.29 is 4.42 Å². The van der Waals surface area contributed by atoms with Gasteiger partial charge in [-0.25, -0.2) is 0 Å². The zero-order chi connectivity index (χ0) is 12.8. The number of hydrogen-bond acceptors (Lipinski definition) is 3. The molecule has 0 unspecified atom stereocenters. The van der Waals surface area contributed by atoms with Gasteiger partial charge in [-0.15, -0.1) is 0 Å². The summed E-state index contributed by atoms with van der Waals surface area (Å²) in [6.45, 7) is 3.03. The van der Waals surface area contributed by atoms with Crippen molar-refractivity contribution in [1.29, 1.82) is 0 Å². The molecule has 2 rings (SSSR count). The molecule has 3 nitrogen and oxygen atoms in total. The predicted molar refractivity (Wildman–Crippen MR) is 73.3 cm³/mol. The van der Waals surface area contributed by atoms with E-state index >= 15 is 0 Å². The van der Waals surface area contributed by atoms with Crippen molar-refractivity contribution in [3.05, 3.63) is 59.0 Å². The number of benzene rings is 1. The van der Waals surface area contributed by atoms with Crippen molar-refractivity contribution >= 4 is 11.6 Å². The lowest BCUT2D eigenvalue weighted by atomic mass is 10.2. The Hall–Kier alpha value is -1.29. The summed E-state index contributed by atoms with van der Waals surface area (Å²) in [6.07, 6.45) is 1.69. The van der Waals surface area contributed by atoms with Gasteiger partial charge >= 0.3 is 0 Å². The summed E-state index contributed by atoms with van der Waals surface area (Å²) in [5, 5.41) is 0.762. The first-order chi connectivity index (χ1) is 8.78. The Morgan fingerprint density at radius 2 is 2.06 bits per heavy atom. The molecule has 1 aromatic heterocycles. The van der Waals surface area contributed by atoms with Crippen LogP contribution in [0.15, 0.2) is 47.1 Å². The lowest BCUT2D eigenvalue weighted by Gasteiger charge is -2.20. The predicted octanol–water partition coefficient (Wildman–Crippen LogP) is 2.89. The number of nitrogens with zero attached hydrogens (tertiary/aromatic N) is 1. The van der Waals surface area contributed by atoms with Crippen molar-refractivity contribution in [2.75, 3.05) is 13.1 Å². The van der Waals surface area contributed by atoms with E-state index in [1.54, 1.807) is 6.26 Å². The molecule has 18 heavy (non-hydrogen) atoms. The maximum absolute atomic E-state index is 5.99. The second-order valence-corrected chi connectivity index (χ2v) is 4.65. The van der Waals surface area contributed by atoms with E-state index in [2.05, 4.69) is 11.0 Å². The number of rotatable bonds is 6. The third-order valence-electron chi connectivity index (χ3n) is 2.70. The van der Waals surface area contributed by atoms with Crippen LogP contribution in [0.25, 0.3) is 0 Å². The van der Waals surface area contributed by atoms with Crippen LogP contribution in [0.3, 0.4) is 0 Å². The maximum Gasteiger partial charge on any atom is 0.117 e. The van der Waals surface area contributed by atoms with E-state index in [4.69, 9.17) is 21.8 Å². The largest absolute Gasteiger partial charge is 0.468 e. The third-order valence-corrected chi connectivity index (χ3v) is 2.94. The van der Waals surface area contributed by atoms with E-state index < -0.39 is 0 Å². The summed E-state index contributed by atoms with van der Waals surface area (Å²) in [5.74, 6) is 0.950. The monoisotopic (exact) mass is 264 g/mol. The van der Waals surface area contributed by atoms with E-state index in [9.17, 15) is 0 Å². The molecule has 1 aromatic carbocycles. The van der Waals surface area contributed by atoms with Crippen molar-refractivity contribution in [1.82, 2.24) is 4.90 Å². The van der Waals surface area contributed by atoms with Gasteiger partial charge in [-0.2, -0.15) is 0 Å². The Kier molecular flexibility index (Phi) is 4.81. The zero-order valence-corrected chi connectivity index (χ0v) is 10.9. The van der Waals surface area contributed by atoms with Crippen LogP contribution in [0.1, 0.15) is 11.3 Å². The molecule has 0 aliphatic heterocycles. The topological polar surface area (TPSA) is 42.4 Å². The average Bonchev–Trinajstić information content (AvgIpc) is 2.82. The van der Waals surface area contributed by atoms with Crippen LogP contribution >= 0.6 is 11.6 Å². The molecule has 0 saturated carbocycles. The normalized spacial score (nSPS) is 11.1. The van der Waals surface area contributed by atoms with Gasteiger partial charge in [0.25, 0.3) is 0 Å². The fraction of sp³-hybridized carbons (Fsp3) is 0.286. The molecule has 0 bridgehead atoms. The Balaban J connectivity index is 2.01. The Labute approximate surface area is 112 Å². The van der Waals surface area contributed by atoms with E-state index in [1.807, 2.05) is 30.3 Å². The van der Waals surface area contributed by atoms with Gasteiger partial charge < -0.3 is 10.2 Å². The summed E-state index contributed by atoms with van der Waals surface area (Å²) in [4.78, 5) is 2.24. The van der Waals surface area contributed by atoms with Crippen LogP contribution in [0.2, 0.25) is 5.02 Å². The molecule has 0 atom stereocenters. The third kappa shape index (κ3) is 3.88. The van der Waals surface area contributed by atoms with Gasteiger partial charge in [0.1, 0.15) is 5.76 Å². The van der Waals surface area contributed by atoms with Gasteiger partial charge in [-0.1, -0.05) is 23.7 Å². The minimum Gasteiger partial charge on any atom is -0.468 e. The molecule has 0 aliphatic carbocycles. The molecule has 0 radical (unpaired) electrons. The number of hydrogen-bond donors (Lipinski definition) is 1. The highest BCUT2D eigenvalue weighted by Crippen LogP contribution is 2.14. The summed E-state index contributed by atoms with van der Waals surface area (Å²) in [7, 11) is 0. The second-order valence-electron chi connectivity index (χ2n) is 4.21. The van der Waals surface area contributed by atoms with Gasteiger partial charge in [0.05, 0.1) is 12.8 Å². The van der Waals surface area contributed by atoms with Crippen LogP contribution in [0.5, 0.6) is 0 Å². The first-order valence-corrected chi connectivity index (χ1v) is 6.35. The molecular formula is C14H17ClN2O. The molecule has 4 heteroatoms. The van der Waals surface area contributed by atoms with Crippen molar-refractivity contribution in [2.24, 2.45) is 5.73 Å². The highest BCUT2D eigenvalue weighted by atomic mass is 35.5. The fourth-order valence-corrected chi connectivity index (χ4v) is 2.13. The molecule has 96 valence electrons. The lowest BCUT2D eigenvalue weighted by Crippen LogP contribution is -2.28. The molecule has 0 amide bonds. The number of furan rings is 1. The summed E-state index contributed by atoms with van der Waals surface area (Å²) in [5.41, 5.74) is 6.83. The number of nitrogens with two attached hydrogens (primary N) is 1. The smallest absolute Gasteiger partial charge is 0.117 e. The molecule has 0 fully saturated rings. The summed E-state index contributed by atoms with van der Waals surface area (Å²) < 4.78 is 5.36. The summed E-state index contributed by atoms with van der Waals surface area (Å²) in [6, 6.07) is 11.8. The second kappa shape index (κ2) is 6.59. The van der Waals surface area contributed by atoms with Crippen LogP contribution in [-0.2, 0) is 13.1 Å².